The number of benzene rings is 1. The molecule has 130 valence electrons. The Labute approximate surface area is 144 Å². The van der Waals surface area contributed by atoms with E-state index in [1.807, 2.05) is 0 Å². The van der Waals surface area contributed by atoms with Gasteiger partial charge in [-0.2, -0.15) is 0 Å². The van der Waals surface area contributed by atoms with Gasteiger partial charge in [-0.3, -0.25) is 4.90 Å². The minimum Gasteiger partial charge on any atom is -0.368 e. The smallest absolute Gasteiger partial charge is 0.170 e. The summed E-state index contributed by atoms with van der Waals surface area (Å²) in [7, 11) is 2.19. The van der Waals surface area contributed by atoms with Crippen LogP contribution >= 0.6 is 0 Å². The number of rotatable bonds is 5. The summed E-state index contributed by atoms with van der Waals surface area (Å²) in [4.78, 5) is 4.92. The van der Waals surface area contributed by atoms with Crippen molar-refractivity contribution in [1.29, 1.82) is 0 Å². The van der Waals surface area contributed by atoms with Crippen molar-refractivity contribution in [2.75, 3.05) is 31.6 Å². The summed E-state index contributed by atoms with van der Waals surface area (Å²) < 4.78 is 0. The second-order valence-electron chi connectivity index (χ2n) is 7.02. The second-order valence-corrected chi connectivity index (χ2v) is 7.02. The Hall–Kier alpha value is -1.95. The first kappa shape index (κ1) is 16.9. The molecule has 1 fully saturated rings. The van der Waals surface area contributed by atoms with E-state index in [4.69, 9.17) is 0 Å². The molecule has 0 aliphatic carbocycles. The van der Waals surface area contributed by atoms with Gasteiger partial charge < -0.3 is 4.90 Å². The van der Waals surface area contributed by atoms with E-state index in [0.29, 0.717) is 0 Å². The SMILES string of the molecule is CCCCC1(c2nnn[nH]2)CN(c2cc(C)ccc2C)CCN1C. The summed E-state index contributed by atoms with van der Waals surface area (Å²) in [6.45, 7) is 9.51. The van der Waals surface area contributed by atoms with Gasteiger partial charge in [0.1, 0.15) is 5.54 Å². The molecule has 0 amide bonds. The molecule has 1 aliphatic heterocycles. The number of nitrogens with one attached hydrogen (secondary N) is 1. The van der Waals surface area contributed by atoms with Crippen LogP contribution in [0, 0.1) is 13.8 Å². The summed E-state index contributed by atoms with van der Waals surface area (Å²) in [5.41, 5.74) is 3.80. The Morgan fingerprint density at radius 3 is 2.79 bits per heavy atom. The van der Waals surface area contributed by atoms with Crippen molar-refractivity contribution < 1.29 is 0 Å². The Morgan fingerprint density at radius 2 is 2.08 bits per heavy atom. The van der Waals surface area contributed by atoms with E-state index in [1.165, 1.54) is 23.2 Å². The molecular weight excluding hydrogens is 300 g/mol. The number of anilines is 1. The van der Waals surface area contributed by atoms with Crippen LogP contribution in [0.15, 0.2) is 18.2 Å². The summed E-state index contributed by atoms with van der Waals surface area (Å²) in [5.74, 6) is 0.883. The third kappa shape index (κ3) is 3.02. The third-order valence-corrected chi connectivity index (χ3v) is 5.32. The van der Waals surface area contributed by atoms with Gasteiger partial charge in [-0.25, -0.2) is 5.10 Å². The highest BCUT2D eigenvalue weighted by Gasteiger charge is 2.44. The normalized spacial score (nSPS) is 22.1. The quantitative estimate of drug-likeness (QED) is 0.914. The van der Waals surface area contributed by atoms with Crippen molar-refractivity contribution in [2.24, 2.45) is 0 Å². The fraction of sp³-hybridized carbons (Fsp3) is 0.611. The molecule has 3 rings (SSSR count). The van der Waals surface area contributed by atoms with Gasteiger partial charge in [-0.1, -0.05) is 31.9 Å². The molecule has 6 heteroatoms. The number of hydrogen-bond donors (Lipinski definition) is 1. The van der Waals surface area contributed by atoms with Crippen molar-refractivity contribution in [3.8, 4) is 0 Å². The fourth-order valence-electron chi connectivity index (χ4n) is 3.74. The van der Waals surface area contributed by atoms with Gasteiger partial charge in [0, 0.05) is 25.3 Å². The zero-order valence-electron chi connectivity index (χ0n) is 15.2. The Kier molecular flexibility index (Phi) is 4.85. The van der Waals surface area contributed by atoms with Crippen LogP contribution in [0.3, 0.4) is 0 Å². The van der Waals surface area contributed by atoms with Crippen LogP contribution < -0.4 is 4.90 Å². The molecule has 1 unspecified atom stereocenters. The zero-order chi connectivity index (χ0) is 17.2. The molecule has 2 heterocycles. The first-order valence-corrected chi connectivity index (χ1v) is 8.84. The predicted molar refractivity (Wildman–Crippen MR) is 96.1 cm³/mol. The zero-order valence-corrected chi connectivity index (χ0v) is 15.2. The van der Waals surface area contributed by atoms with Gasteiger partial charge in [0.2, 0.25) is 0 Å². The summed E-state index contributed by atoms with van der Waals surface area (Å²) in [6, 6.07) is 6.69. The molecular formula is C18H28N6. The summed E-state index contributed by atoms with van der Waals surface area (Å²) in [5, 5.41) is 15.0. The first-order valence-electron chi connectivity index (χ1n) is 8.84. The molecule has 24 heavy (non-hydrogen) atoms. The van der Waals surface area contributed by atoms with Gasteiger partial charge in [0.25, 0.3) is 0 Å². The van der Waals surface area contributed by atoms with Gasteiger partial charge in [0.15, 0.2) is 5.82 Å². The average molecular weight is 328 g/mol. The molecule has 0 saturated carbocycles. The van der Waals surface area contributed by atoms with Gasteiger partial charge in [-0.15, -0.1) is 5.10 Å². The van der Waals surface area contributed by atoms with Crippen LogP contribution in [0.5, 0.6) is 0 Å². The Bertz CT molecular complexity index is 668. The lowest BCUT2D eigenvalue weighted by Crippen LogP contribution is -2.59. The number of aromatic amines is 1. The van der Waals surface area contributed by atoms with E-state index < -0.39 is 0 Å². The van der Waals surface area contributed by atoms with E-state index in [0.717, 1.165) is 38.3 Å². The molecule has 1 aromatic carbocycles. The molecule has 0 spiro atoms. The molecule has 1 aromatic heterocycles. The highest BCUT2D eigenvalue weighted by molar-refractivity contribution is 5.56. The first-order chi connectivity index (χ1) is 11.6. The minimum absolute atomic E-state index is 0.159. The van der Waals surface area contributed by atoms with Gasteiger partial charge in [-0.05, 0) is 54.9 Å². The van der Waals surface area contributed by atoms with E-state index in [1.54, 1.807) is 0 Å². The van der Waals surface area contributed by atoms with E-state index in [9.17, 15) is 0 Å². The Balaban J connectivity index is 1.97. The number of tetrazole rings is 1. The van der Waals surface area contributed by atoms with Crippen molar-refractivity contribution in [3.63, 3.8) is 0 Å². The van der Waals surface area contributed by atoms with Crippen LogP contribution in [0.25, 0.3) is 0 Å². The molecule has 6 nitrogen and oxygen atoms in total. The highest BCUT2D eigenvalue weighted by atomic mass is 15.5. The minimum atomic E-state index is -0.159. The maximum atomic E-state index is 4.30. The molecule has 0 radical (unpaired) electrons. The van der Waals surface area contributed by atoms with Crippen LogP contribution in [0.4, 0.5) is 5.69 Å². The lowest BCUT2D eigenvalue weighted by Gasteiger charge is -2.49. The number of hydrogen-bond acceptors (Lipinski definition) is 5. The third-order valence-electron chi connectivity index (χ3n) is 5.32. The van der Waals surface area contributed by atoms with Crippen LogP contribution in [0.1, 0.15) is 43.1 Å². The molecule has 1 saturated heterocycles. The van der Waals surface area contributed by atoms with Crippen LogP contribution in [0.2, 0.25) is 0 Å². The van der Waals surface area contributed by atoms with Crippen molar-refractivity contribution in [3.05, 3.63) is 35.2 Å². The number of nitrogens with zero attached hydrogens (tertiary/aromatic N) is 5. The summed E-state index contributed by atoms with van der Waals surface area (Å²) >= 11 is 0. The lowest BCUT2D eigenvalue weighted by atomic mass is 9.87. The maximum absolute atomic E-state index is 4.30. The largest absolute Gasteiger partial charge is 0.368 e. The van der Waals surface area contributed by atoms with E-state index >= 15 is 0 Å². The van der Waals surface area contributed by atoms with E-state index in [-0.39, 0.29) is 5.54 Å². The number of H-pyrrole nitrogens is 1. The number of aryl methyl sites for hydroxylation is 2. The molecule has 0 bridgehead atoms. The molecule has 2 aromatic rings. The van der Waals surface area contributed by atoms with Crippen molar-refractivity contribution in [1.82, 2.24) is 25.5 Å². The summed E-state index contributed by atoms with van der Waals surface area (Å²) in [6.07, 6.45) is 3.38. The Morgan fingerprint density at radius 1 is 1.25 bits per heavy atom. The molecule has 1 aliphatic rings. The fourth-order valence-corrected chi connectivity index (χ4v) is 3.74. The number of piperazine rings is 1. The standard InChI is InChI=1S/C18H28N6/c1-5-6-9-18(17-19-21-22-20-17)13-24(11-10-23(18)4)16-12-14(2)7-8-15(16)3/h7-8,12H,5-6,9-11,13H2,1-4H3,(H,19,20,21,22). The van der Waals surface area contributed by atoms with Crippen LogP contribution in [-0.4, -0.2) is 52.2 Å². The number of aromatic nitrogens is 4. The van der Waals surface area contributed by atoms with Crippen LogP contribution in [-0.2, 0) is 5.54 Å². The lowest BCUT2D eigenvalue weighted by molar-refractivity contribution is 0.0795. The number of likely N-dealkylation sites (N-methyl/N-ethyl adjacent to an activating group) is 1. The predicted octanol–water partition coefficient (Wildman–Crippen LogP) is 2.65. The van der Waals surface area contributed by atoms with Crippen molar-refractivity contribution in [2.45, 2.75) is 45.6 Å². The highest BCUT2D eigenvalue weighted by Crippen LogP contribution is 2.36. The monoisotopic (exact) mass is 328 g/mol. The molecule has 1 N–H and O–H groups in total. The second kappa shape index (κ2) is 6.89. The van der Waals surface area contributed by atoms with Crippen molar-refractivity contribution >= 4 is 5.69 Å². The van der Waals surface area contributed by atoms with Gasteiger partial charge >= 0.3 is 0 Å². The van der Waals surface area contributed by atoms with Gasteiger partial charge in [0.05, 0.1) is 0 Å². The maximum Gasteiger partial charge on any atom is 0.170 e. The average Bonchev–Trinajstić information content (AvgIpc) is 3.12. The topological polar surface area (TPSA) is 60.9 Å². The number of unbranched alkanes of at least 4 members (excludes halogenated alkanes) is 1. The van der Waals surface area contributed by atoms with E-state index in [2.05, 4.69) is 76.4 Å². The molecule has 1 atom stereocenters.